The fourth-order valence-electron chi connectivity index (χ4n) is 5.37. The van der Waals surface area contributed by atoms with Gasteiger partial charge < -0.3 is 14.5 Å². The molecule has 0 radical (unpaired) electrons. The lowest BCUT2D eigenvalue weighted by Crippen LogP contribution is -2.48. The molecule has 3 saturated heterocycles. The summed E-state index contributed by atoms with van der Waals surface area (Å²) >= 11 is 0. The molecular formula is C22H28N4O3. The SMILES string of the molecule is Cc1cccc(CN2C[C@@]34C=C[C@@H](O3)C(C(=O)N(C)CC3CCNN3)C4C2=O)c1. The van der Waals surface area contributed by atoms with Gasteiger partial charge in [-0.1, -0.05) is 42.0 Å². The second-order valence-corrected chi connectivity index (χ2v) is 8.86. The molecule has 2 amide bonds. The molecule has 1 spiro atoms. The number of amides is 2. The first-order valence-corrected chi connectivity index (χ1v) is 10.4. The average Bonchev–Trinajstić information content (AvgIpc) is 3.45. The highest BCUT2D eigenvalue weighted by molar-refractivity contribution is 5.93. The van der Waals surface area contributed by atoms with Crippen LogP contribution in [0.25, 0.3) is 0 Å². The summed E-state index contributed by atoms with van der Waals surface area (Å²) in [6.07, 6.45) is 4.68. The van der Waals surface area contributed by atoms with Crippen molar-refractivity contribution in [2.24, 2.45) is 11.8 Å². The molecule has 1 aromatic rings. The molecule has 0 aromatic heterocycles. The van der Waals surface area contributed by atoms with Gasteiger partial charge in [-0.25, -0.2) is 0 Å². The van der Waals surface area contributed by atoms with Crippen molar-refractivity contribution in [1.29, 1.82) is 0 Å². The van der Waals surface area contributed by atoms with Crippen LogP contribution >= 0.6 is 0 Å². The highest BCUT2D eigenvalue weighted by Crippen LogP contribution is 2.52. The number of fused-ring (bicyclic) bond motifs is 1. The van der Waals surface area contributed by atoms with Crippen LogP contribution in [-0.4, -0.2) is 66.0 Å². The Bertz CT molecular complexity index is 865. The Hall–Kier alpha value is -2.22. The maximum Gasteiger partial charge on any atom is 0.230 e. The van der Waals surface area contributed by atoms with Crippen LogP contribution in [-0.2, 0) is 20.9 Å². The topological polar surface area (TPSA) is 73.9 Å². The summed E-state index contributed by atoms with van der Waals surface area (Å²) in [5.74, 6) is -0.822. The average molecular weight is 396 g/mol. The minimum absolute atomic E-state index is 0.00526. The Morgan fingerprint density at radius 2 is 2.28 bits per heavy atom. The molecule has 5 atom stereocenters. The van der Waals surface area contributed by atoms with Crippen LogP contribution in [0.2, 0.25) is 0 Å². The van der Waals surface area contributed by atoms with Gasteiger partial charge in [0.25, 0.3) is 0 Å². The van der Waals surface area contributed by atoms with Gasteiger partial charge in [0, 0.05) is 32.7 Å². The molecule has 0 aliphatic carbocycles. The molecule has 7 nitrogen and oxygen atoms in total. The van der Waals surface area contributed by atoms with Crippen LogP contribution in [0.5, 0.6) is 0 Å². The number of nitrogens with zero attached hydrogens (tertiary/aromatic N) is 2. The van der Waals surface area contributed by atoms with E-state index in [9.17, 15) is 9.59 Å². The summed E-state index contributed by atoms with van der Waals surface area (Å²) in [6.45, 7) is 4.64. The van der Waals surface area contributed by atoms with Crippen LogP contribution < -0.4 is 10.9 Å². The molecule has 2 N–H and O–H groups in total. The molecule has 154 valence electrons. The first-order valence-electron chi connectivity index (χ1n) is 10.4. The molecule has 2 bridgehead atoms. The molecule has 4 aliphatic heterocycles. The third kappa shape index (κ3) is 3.08. The summed E-state index contributed by atoms with van der Waals surface area (Å²) in [5.41, 5.74) is 7.93. The highest BCUT2D eigenvalue weighted by atomic mass is 16.5. The zero-order chi connectivity index (χ0) is 20.2. The summed E-state index contributed by atoms with van der Waals surface area (Å²) < 4.78 is 6.25. The van der Waals surface area contributed by atoms with E-state index in [0.29, 0.717) is 19.6 Å². The Labute approximate surface area is 171 Å². The second kappa shape index (κ2) is 6.93. The predicted octanol–water partition coefficient (Wildman–Crippen LogP) is 0.602. The molecule has 0 saturated carbocycles. The van der Waals surface area contributed by atoms with Gasteiger partial charge >= 0.3 is 0 Å². The van der Waals surface area contributed by atoms with E-state index in [2.05, 4.69) is 29.9 Å². The van der Waals surface area contributed by atoms with Crippen molar-refractivity contribution < 1.29 is 14.3 Å². The number of nitrogens with one attached hydrogen (secondary N) is 2. The van der Waals surface area contributed by atoms with Gasteiger partial charge in [0.05, 0.1) is 24.5 Å². The molecule has 4 heterocycles. The quantitative estimate of drug-likeness (QED) is 0.713. The normalized spacial score (nSPS) is 34.8. The third-order valence-electron chi connectivity index (χ3n) is 6.71. The summed E-state index contributed by atoms with van der Waals surface area (Å²) in [6, 6.07) is 8.45. The maximum atomic E-state index is 13.4. The Kier molecular flexibility index (Phi) is 4.49. The number of ether oxygens (including phenoxy) is 1. The number of hydrogen-bond donors (Lipinski definition) is 2. The van der Waals surface area contributed by atoms with Crippen molar-refractivity contribution in [3.8, 4) is 0 Å². The van der Waals surface area contributed by atoms with Crippen molar-refractivity contribution in [2.45, 2.75) is 37.6 Å². The number of carbonyl (C=O) groups excluding carboxylic acids is 2. The van der Waals surface area contributed by atoms with E-state index < -0.39 is 17.4 Å². The third-order valence-corrected chi connectivity index (χ3v) is 6.71. The van der Waals surface area contributed by atoms with Crippen LogP contribution in [0, 0.1) is 18.8 Å². The largest absolute Gasteiger partial charge is 0.360 e. The van der Waals surface area contributed by atoms with Gasteiger partial charge in [0.1, 0.15) is 5.60 Å². The number of hydrogen-bond acceptors (Lipinski definition) is 5. The molecule has 3 unspecified atom stereocenters. The molecule has 1 aromatic carbocycles. The van der Waals surface area contributed by atoms with E-state index in [-0.39, 0.29) is 24.0 Å². The summed E-state index contributed by atoms with van der Waals surface area (Å²) in [5, 5.41) is 0. The van der Waals surface area contributed by atoms with Crippen molar-refractivity contribution in [2.75, 3.05) is 26.7 Å². The number of benzene rings is 1. The van der Waals surface area contributed by atoms with E-state index >= 15 is 0 Å². The number of aryl methyl sites for hydroxylation is 1. The van der Waals surface area contributed by atoms with Crippen molar-refractivity contribution >= 4 is 11.8 Å². The predicted molar refractivity (Wildman–Crippen MR) is 108 cm³/mol. The van der Waals surface area contributed by atoms with Crippen LogP contribution in [0.4, 0.5) is 0 Å². The Morgan fingerprint density at radius 3 is 3.03 bits per heavy atom. The minimum Gasteiger partial charge on any atom is -0.360 e. The van der Waals surface area contributed by atoms with Crippen molar-refractivity contribution in [1.82, 2.24) is 20.7 Å². The Morgan fingerprint density at radius 1 is 1.41 bits per heavy atom. The maximum absolute atomic E-state index is 13.4. The fraction of sp³-hybridized carbons (Fsp3) is 0.545. The molecular weight excluding hydrogens is 368 g/mol. The van der Waals surface area contributed by atoms with Crippen LogP contribution in [0.3, 0.4) is 0 Å². The zero-order valence-corrected chi connectivity index (χ0v) is 16.9. The molecule has 5 rings (SSSR count). The minimum atomic E-state index is -0.653. The van der Waals surface area contributed by atoms with Gasteiger partial charge in [-0.15, -0.1) is 0 Å². The number of likely N-dealkylation sites (tertiary alicyclic amines) is 1. The standard InChI is InChI=1S/C22H28N4O3/c1-14-4-3-5-15(10-14)11-26-13-22-8-6-17(29-22)18(19(22)21(26)28)20(27)25(2)12-16-7-9-23-24-16/h3-6,8,10,16-19,23-24H,7,9,11-13H2,1-2H3/t16?,17-,18?,19?,22-/m1/s1. The summed E-state index contributed by atoms with van der Waals surface area (Å²) in [4.78, 5) is 30.3. The number of likely N-dealkylation sites (N-methyl/N-ethyl adjacent to an activating group) is 1. The van der Waals surface area contributed by atoms with E-state index in [1.54, 1.807) is 4.90 Å². The Balaban J connectivity index is 1.34. The van der Waals surface area contributed by atoms with Gasteiger partial charge in [0.15, 0.2) is 0 Å². The van der Waals surface area contributed by atoms with Crippen LogP contribution in [0.1, 0.15) is 17.5 Å². The lowest BCUT2D eigenvalue weighted by Gasteiger charge is -2.29. The van der Waals surface area contributed by atoms with E-state index in [4.69, 9.17) is 4.74 Å². The van der Waals surface area contributed by atoms with E-state index in [1.165, 1.54) is 5.56 Å². The highest BCUT2D eigenvalue weighted by Gasteiger charge is 2.67. The lowest BCUT2D eigenvalue weighted by molar-refractivity contribution is -0.142. The molecule has 7 heteroatoms. The van der Waals surface area contributed by atoms with Crippen molar-refractivity contribution in [3.63, 3.8) is 0 Å². The summed E-state index contributed by atoms with van der Waals surface area (Å²) in [7, 11) is 1.83. The number of hydrazine groups is 1. The smallest absolute Gasteiger partial charge is 0.230 e. The molecule has 29 heavy (non-hydrogen) atoms. The lowest BCUT2D eigenvalue weighted by atomic mass is 9.76. The second-order valence-electron chi connectivity index (χ2n) is 8.86. The van der Waals surface area contributed by atoms with Crippen LogP contribution in [0.15, 0.2) is 36.4 Å². The van der Waals surface area contributed by atoms with Crippen molar-refractivity contribution in [3.05, 3.63) is 47.5 Å². The van der Waals surface area contributed by atoms with E-state index in [0.717, 1.165) is 18.5 Å². The zero-order valence-electron chi connectivity index (χ0n) is 16.9. The van der Waals surface area contributed by atoms with Gasteiger partial charge in [0.2, 0.25) is 11.8 Å². The fourth-order valence-corrected chi connectivity index (χ4v) is 5.37. The first-order chi connectivity index (χ1) is 14.0. The van der Waals surface area contributed by atoms with Gasteiger partial charge in [-0.3, -0.25) is 20.4 Å². The molecule has 3 fully saturated rings. The molecule has 4 aliphatic rings. The number of carbonyl (C=O) groups is 2. The first kappa shape index (κ1) is 18.8. The van der Waals surface area contributed by atoms with Gasteiger partial charge in [-0.2, -0.15) is 0 Å². The number of rotatable bonds is 5. The van der Waals surface area contributed by atoms with E-state index in [1.807, 2.05) is 36.2 Å². The monoisotopic (exact) mass is 396 g/mol. The van der Waals surface area contributed by atoms with Gasteiger partial charge in [-0.05, 0) is 18.9 Å².